The van der Waals surface area contributed by atoms with Crippen LogP contribution in [-0.4, -0.2) is 27.0 Å². The summed E-state index contributed by atoms with van der Waals surface area (Å²) in [5, 5.41) is 3.64. The first-order valence-electron chi connectivity index (χ1n) is 9.08. The van der Waals surface area contributed by atoms with Crippen LogP contribution < -0.4 is 5.32 Å². The molecule has 0 aliphatic heterocycles. The molecule has 0 aliphatic rings. The summed E-state index contributed by atoms with van der Waals surface area (Å²) in [7, 11) is 0. The van der Waals surface area contributed by atoms with Gasteiger partial charge in [0.25, 0.3) is 5.91 Å². The minimum Gasteiger partial charge on any atom is -0.350 e. The first-order chi connectivity index (χ1) is 13.7. The van der Waals surface area contributed by atoms with Crippen molar-refractivity contribution in [2.75, 3.05) is 6.54 Å². The molecule has 2 aromatic heterocycles. The molecule has 4 rings (SSSR count). The number of hydrogen-bond acceptors (Lipinski definition) is 3. The number of carbonyl (C=O) groups is 1. The zero-order valence-electron chi connectivity index (χ0n) is 15.2. The summed E-state index contributed by atoms with van der Waals surface area (Å²) in [6.45, 7) is 1.18. The lowest BCUT2D eigenvalue weighted by molar-refractivity contribution is 0.0949. The topological polar surface area (TPSA) is 59.8 Å². The van der Waals surface area contributed by atoms with Crippen LogP contribution in [0.25, 0.3) is 11.0 Å². The maximum atomic E-state index is 12.2. The predicted octanol–water partition coefficient (Wildman–Crippen LogP) is 4.11. The fourth-order valence-corrected chi connectivity index (χ4v) is 3.27. The van der Waals surface area contributed by atoms with Crippen LogP contribution in [0.2, 0.25) is 5.02 Å². The molecule has 140 valence electrons. The Balaban J connectivity index is 1.53. The van der Waals surface area contributed by atoms with Gasteiger partial charge in [-0.2, -0.15) is 0 Å². The summed E-state index contributed by atoms with van der Waals surface area (Å²) >= 11 is 6.00. The van der Waals surface area contributed by atoms with Crippen LogP contribution in [0.1, 0.15) is 21.9 Å². The second-order valence-electron chi connectivity index (χ2n) is 6.45. The highest BCUT2D eigenvalue weighted by atomic mass is 35.5. The molecule has 0 bridgehead atoms. The number of pyridine rings is 1. The van der Waals surface area contributed by atoms with Gasteiger partial charge < -0.3 is 9.88 Å². The maximum absolute atomic E-state index is 12.2. The molecule has 1 N–H and O–H groups in total. The van der Waals surface area contributed by atoms with E-state index in [9.17, 15) is 4.79 Å². The molecule has 4 aromatic rings. The van der Waals surface area contributed by atoms with Crippen LogP contribution >= 0.6 is 11.6 Å². The third-order valence-electron chi connectivity index (χ3n) is 4.52. The van der Waals surface area contributed by atoms with Gasteiger partial charge in [0.05, 0.1) is 11.0 Å². The Kier molecular flexibility index (Phi) is 5.35. The summed E-state index contributed by atoms with van der Waals surface area (Å²) in [5.74, 6) is 0.749. The van der Waals surface area contributed by atoms with Gasteiger partial charge in [-0.1, -0.05) is 41.9 Å². The number of halogens is 1. The van der Waals surface area contributed by atoms with Crippen molar-refractivity contribution in [1.29, 1.82) is 0 Å². The quantitative estimate of drug-likeness (QED) is 0.539. The summed E-state index contributed by atoms with van der Waals surface area (Å²) in [6.07, 6.45) is 2.24. The second-order valence-corrected chi connectivity index (χ2v) is 6.89. The number of amides is 1. The molecule has 0 spiro atoms. The van der Waals surface area contributed by atoms with Crippen molar-refractivity contribution in [3.05, 3.63) is 95.0 Å². The molecule has 2 aromatic carbocycles. The fourth-order valence-electron chi connectivity index (χ4n) is 3.14. The molecule has 0 saturated heterocycles. The number of benzene rings is 2. The van der Waals surface area contributed by atoms with Crippen LogP contribution in [0, 0.1) is 0 Å². The highest BCUT2D eigenvalue weighted by Gasteiger charge is 2.12. The Labute approximate surface area is 168 Å². The summed E-state index contributed by atoms with van der Waals surface area (Å²) in [4.78, 5) is 21.0. The largest absolute Gasteiger partial charge is 0.350 e. The molecule has 0 saturated carbocycles. The number of para-hydroxylation sites is 2. The van der Waals surface area contributed by atoms with Crippen LogP contribution in [-0.2, 0) is 13.0 Å². The van der Waals surface area contributed by atoms with Crippen LogP contribution in [0.4, 0.5) is 0 Å². The monoisotopic (exact) mass is 390 g/mol. The molecule has 0 atom stereocenters. The van der Waals surface area contributed by atoms with Gasteiger partial charge >= 0.3 is 0 Å². The molecule has 0 unspecified atom stereocenters. The molecular formula is C22H19ClN4O. The minimum absolute atomic E-state index is 0.180. The third-order valence-corrected chi connectivity index (χ3v) is 4.77. The van der Waals surface area contributed by atoms with E-state index < -0.39 is 0 Å². The molecule has 0 aliphatic carbocycles. The highest BCUT2D eigenvalue weighted by molar-refractivity contribution is 6.30. The normalized spacial score (nSPS) is 10.9. The van der Waals surface area contributed by atoms with Gasteiger partial charge in [0.2, 0.25) is 0 Å². The van der Waals surface area contributed by atoms with E-state index in [-0.39, 0.29) is 5.91 Å². The summed E-state index contributed by atoms with van der Waals surface area (Å²) < 4.78 is 2.19. The van der Waals surface area contributed by atoms with Gasteiger partial charge in [-0.15, -0.1) is 0 Å². The van der Waals surface area contributed by atoms with Gasteiger partial charge in [0, 0.05) is 30.7 Å². The molecule has 2 heterocycles. The number of imidazole rings is 1. The van der Waals surface area contributed by atoms with Gasteiger partial charge in [0.15, 0.2) is 0 Å². The van der Waals surface area contributed by atoms with E-state index in [4.69, 9.17) is 16.6 Å². The van der Waals surface area contributed by atoms with Crippen LogP contribution in [0.5, 0.6) is 0 Å². The van der Waals surface area contributed by atoms with E-state index in [0.717, 1.165) is 27.4 Å². The number of nitrogens with zero attached hydrogens (tertiary/aromatic N) is 3. The first kappa shape index (κ1) is 18.2. The Hall–Kier alpha value is -3.18. The van der Waals surface area contributed by atoms with Crippen molar-refractivity contribution in [3.8, 4) is 0 Å². The van der Waals surface area contributed by atoms with Gasteiger partial charge in [-0.25, -0.2) is 4.98 Å². The van der Waals surface area contributed by atoms with E-state index in [2.05, 4.69) is 20.9 Å². The van der Waals surface area contributed by atoms with Crippen molar-refractivity contribution in [2.45, 2.75) is 13.0 Å². The number of hydrogen-bond donors (Lipinski definition) is 1. The van der Waals surface area contributed by atoms with E-state index in [0.29, 0.717) is 25.2 Å². The average molecular weight is 391 g/mol. The van der Waals surface area contributed by atoms with E-state index in [1.54, 1.807) is 24.4 Å². The maximum Gasteiger partial charge on any atom is 0.269 e. The third kappa shape index (κ3) is 4.05. The number of carbonyl (C=O) groups excluding carboxylic acids is 1. The number of nitrogens with one attached hydrogen (secondary N) is 1. The smallest absolute Gasteiger partial charge is 0.269 e. The van der Waals surface area contributed by atoms with Crippen LogP contribution in [0.15, 0.2) is 72.9 Å². The number of fused-ring (bicyclic) bond motifs is 1. The zero-order chi connectivity index (χ0) is 19.3. The van der Waals surface area contributed by atoms with Gasteiger partial charge in [-0.05, 0) is 42.0 Å². The van der Waals surface area contributed by atoms with Gasteiger partial charge in [-0.3, -0.25) is 9.78 Å². The molecule has 5 nitrogen and oxygen atoms in total. The Morgan fingerprint density at radius 1 is 1.00 bits per heavy atom. The Morgan fingerprint density at radius 3 is 2.57 bits per heavy atom. The van der Waals surface area contributed by atoms with E-state index in [1.165, 1.54) is 0 Å². The van der Waals surface area contributed by atoms with E-state index in [1.807, 2.05) is 42.5 Å². The van der Waals surface area contributed by atoms with Crippen molar-refractivity contribution in [3.63, 3.8) is 0 Å². The molecule has 1 amide bonds. The summed E-state index contributed by atoms with van der Waals surface area (Å²) in [6, 6.07) is 21.2. The van der Waals surface area contributed by atoms with Crippen molar-refractivity contribution < 1.29 is 4.79 Å². The van der Waals surface area contributed by atoms with Crippen LogP contribution in [0.3, 0.4) is 0 Å². The lowest BCUT2D eigenvalue weighted by atomic mass is 10.2. The predicted molar refractivity (Wildman–Crippen MR) is 111 cm³/mol. The standard InChI is InChI=1S/C22H19ClN4O/c23-17-10-8-16(9-11-17)15-27-20-7-2-1-5-18(20)26-21(27)12-14-25-22(28)19-6-3-4-13-24-19/h1-11,13H,12,14-15H2,(H,25,28). The highest BCUT2D eigenvalue weighted by Crippen LogP contribution is 2.19. The molecule has 6 heteroatoms. The Bertz CT molecular complexity index is 1090. The lowest BCUT2D eigenvalue weighted by Crippen LogP contribution is -2.27. The summed E-state index contributed by atoms with van der Waals surface area (Å²) in [5.41, 5.74) is 3.58. The second kappa shape index (κ2) is 8.23. The number of rotatable bonds is 6. The molecule has 0 radical (unpaired) electrons. The number of aromatic nitrogens is 3. The van der Waals surface area contributed by atoms with Gasteiger partial charge in [0.1, 0.15) is 11.5 Å². The minimum atomic E-state index is -0.180. The molecule has 0 fully saturated rings. The van der Waals surface area contributed by atoms with Crippen molar-refractivity contribution in [1.82, 2.24) is 19.9 Å². The molecular weight excluding hydrogens is 372 g/mol. The average Bonchev–Trinajstić information content (AvgIpc) is 3.07. The SMILES string of the molecule is O=C(NCCc1nc2ccccc2n1Cc1ccc(Cl)cc1)c1ccccn1. The van der Waals surface area contributed by atoms with Crippen molar-refractivity contribution in [2.24, 2.45) is 0 Å². The zero-order valence-corrected chi connectivity index (χ0v) is 15.9. The first-order valence-corrected chi connectivity index (χ1v) is 9.46. The van der Waals surface area contributed by atoms with Crippen molar-refractivity contribution >= 4 is 28.5 Å². The fraction of sp³-hybridized carbons (Fsp3) is 0.136. The van der Waals surface area contributed by atoms with E-state index >= 15 is 0 Å². The lowest BCUT2D eigenvalue weighted by Gasteiger charge is -2.10. The molecule has 28 heavy (non-hydrogen) atoms. The Morgan fingerprint density at radius 2 is 1.79 bits per heavy atom.